The van der Waals surface area contributed by atoms with E-state index in [0.29, 0.717) is 29.0 Å². The van der Waals surface area contributed by atoms with Gasteiger partial charge in [-0.15, -0.1) is 0 Å². The number of amides is 1. The molecule has 5 rings (SSSR count). The van der Waals surface area contributed by atoms with Gasteiger partial charge in [0.15, 0.2) is 0 Å². The predicted octanol–water partition coefficient (Wildman–Crippen LogP) is 3.83. The van der Waals surface area contributed by atoms with Crippen LogP contribution in [0.3, 0.4) is 0 Å². The molecule has 1 unspecified atom stereocenters. The quantitative estimate of drug-likeness (QED) is 0.907. The third-order valence-corrected chi connectivity index (χ3v) is 5.64. The van der Waals surface area contributed by atoms with E-state index in [1.165, 1.54) is 25.0 Å². The average molecular weight is 354 g/mol. The molecule has 2 bridgehead atoms. The van der Waals surface area contributed by atoms with Crippen molar-refractivity contribution in [1.82, 2.24) is 10.2 Å². The lowest BCUT2D eigenvalue weighted by Gasteiger charge is -2.49. The fraction of sp³-hybridized carbons (Fsp3) is 0.381. The van der Waals surface area contributed by atoms with Gasteiger partial charge in [0.1, 0.15) is 17.3 Å². The van der Waals surface area contributed by atoms with Crippen molar-refractivity contribution in [2.45, 2.75) is 31.8 Å². The maximum Gasteiger partial charge on any atom is 0.251 e. The Bertz CT molecular complexity index is 766. The fourth-order valence-electron chi connectivity index (χ4n) is 4.09. The van der Waals surface area contributed by atoms with Crippen LogP contribution in [0.25, 0.3) is 0 Å². The molecular formula is C21H23FN2O2. The number of carbonyl (C=O) groups excluding carboxylic acids is 1. The number of fused-ring (bicyclic) bond motifs is 3. The number of ether oxygens (including phenoxy) is 1. The van der Waals surface area contributed by atoms with E-state index >= 15 is 0 Å². The molecule has 3 aliphatic heterocycles. The van der Waals surface area contributed by atoms with Crippen LogP contribution in [0.4, 0.5) is 4.39 Å². The van der Waals surface area contributed by atoms with E-state index in [4.69, 9.17) is 4.74 Å². The number of piperidine rings is 3. The van der Waals surface area contributed by atoms with Crippen molar-refractivity contribution in [3.05, 3.63) is 59.9 Å². The molecule has 0 saturated carbocycles. The first-order valence-corrected chi connectivity index (χ1v) is 9.18. The number of hydrogen-bond acceptors (Lipinski definition) is 3. The van der Waals surface area contributed by atoms with Crippen LogP contribution in [0, 0.1) is 11.7 Å². The zero-order valence-corrected chi connectivity index (χ0v) is 14.8. The summed E-state index contributed by atoms with van der Waals surface area (Å²) in [4.78, 5) is 15.1. The second-order valence-corrected chi connectivity index (χ2v) is 7.19. The van der Waals surface area contributed by atoms with Crippen molar-refractivity contribution in [1.29, 1.82) is 0 Å². The first-order valence-electron chi connectivity index (χ1n) is 9.18. The summed E-state index contributed by atoms with van der Waals surface area (Å²) in [7, 11) is 0. The van der Waals surface area contributed by atoms with Crippen molar-refractivity contribution in [3.8, 4) is 11.5 Å². The van der Waals surface area contributed by atoms with E-state index in [1.54, 1.807) is 36.4 Å². The highest BCUT2D eigenvalue weighted by Gasteiger charge is 2.40. The van der Waals surface area contributed by atoms with E-state index in [1.807, 2.05) is 0 Å². The summed E-state index contributed by atoms with van der Waals surface area (Å²) in [6, 6.07) is 13.5. The third-order valence-electron chi connectivity index (χ3n) is 5.64. The number of halogens is 1. The van der Waals surface area contributed by atoms with Crippen molar-refractivity contribution in [3.63, 3.8) is 0 Å². The molecular weight excluding hydrogens is 331 g/mol. The lowest BCUT2D eigenvalue weighted by molar-refractivity contribution is 0.0217. The third kappa shape index (κ3) is 3.44. The molecule has 136 valence electrons. The minimum atomic E-state index is -0.300. The number of rotatable bonds is 4. The fourth-order valence-corrected chi connectivity index (χ4v) is 4.09. The van der Waals surface area contributed by atoms with Crippen LogP contribution in [0.1, 0.15) is 30.1 Å². The molecule has 3 saturated heterocycles. The van der Waals surface area contributed by atoms with Gasteiger partial charge in [-0.1, -0.05) is 0 Å². The largest absolute Gasteiger partial charge is 0.457 e. The van der Waals surface area contributed by atoms with E-state index in [9.17, 15) is 9.18 Å². The number of nitrogens with zero attached hydrogens (tertiary/aromatic N) is 1. The van der Waals surface area contributed by atoms with Gasteiger partial charge in [0, 0.05) is 17.6 Å². The Kier molecular flexibility index (Phi) is 4.64. The molecule has 3 fully saturated rings. The second-order valence-electron chi connectivity index (χ2n) is 7.19. The molecule has 26 heavy (non-hydrogen) atoms. The standard InChI is InChI=1S/C21H23FN2O2/c1-14-20(15-10-12-24(14)13-11-15)23-21(25)16-2-6-18(7-3-16)26-19-8-4-17(22)5-9-19/h2-9,14-15,20H,10-13H2,1H3,(H,23,25)/t14?,20-/m0/s1. The zero-order valence-electron chi connectivity index (χ0n) is 14.8. The van der Waals surface area contributed by atoms with Gasteiger partial charge in [0.05, 0.1) is 0 Å². The molecule has 1 amide bonds. The summed E-state index contributed by atoms with van der Waals surface area (Å²) in [5.41, 5.74) is 0.625. The number of hydrogen-bond donors (Lipinski definition) is 1. The molecule has 5 heteroatoms. The van der Waals surface area contributed by atoms with Gasteiger partial charge in [-0.2, -0.15) is 0 Å². The SMILES string of the molecule is CC1[C@H](NC(=O)c2ccc(Oc3ccc(F)cc3)cc2)C2CCN1CC2. The van der Waals surface area contributed by atoms with Gasteiger partial charge in [0.25, 0.3) is 5.91 Å². The van der Waals surface area contributed by atoms with Crippen molar-refractivity contribution >= 4 is 5.91 Å². The minimum Gasteiger partial charge on any atom is -0.457 e. The topological polar surface area (TPSA) is 41.6 Å². The van der Waals surface area contributed by atoms with Crippen LogP contribution >= 0.6 is 0 Å². The molecule has 2 aromatic carbocycles. The first kappa shape index (κ1) is 17.0. The van der Waals surface area contributed by atoms with Crippen LogP contribution in [0.15, 0.2) is 48.5 Å². The van der Waals surface area contributed by atoms with E-state index in [2.05, 4.69) is 17.1 Å². The Balaban J connectivity index is 1.40. The first-order chi connectivity index (χ1) is 12.6. The molecule has 0 aromatic heterocycles. The smallest absolute Gasteiger partial charge is 0.251 e. The van der Waals surface area contributed by atoms with Crippen molar-refractivity contribution < 1.29 is 13.9 Å². The second kappa shape index (κ2) is 7.08. The molecule has 3 aliphatic rings. The minimum absolute atomic E-state index is 0.0380. The molecule has 1 N–H and O–H groups in total. The summed E-state index contributed by atoms with van der Waals surface area (Å²) in [6.07, 6.45) is 2.33. The molecule has 0 aliphatic carbocycles. The Labute approximate surface area is 153 Å². The van der Waals surface area contributed by atoms with Gasteiger partial charge in [-0.25, -0.2) is 4.39 Å². The summed E-state index contributed by atoms with van der Waals surface area (Å²) in [5, 5.41) is 3.23. The Morgan fingerprint density at radius 2 is 1.62 bits per heavy atom. The molecule has 2 aromatic rings. The number of benzene rings is 2. The van der Waals surface area contributed by atoms with E-state index in [-0.39, 0.29) is 17.8 Å². The van der Waals surface area contributed by atoms with Gasteiger partial charge in [0.2, 0.25) is 0 Å². The van der Waals surface area contributed by atoms with Crippen molar-refractivity contribution in [2.75, 3.05) is 13.1 Å². The van der Waals surface area contributed by atoms with Crippen molar-refractivity contribution in [2.24, 2.45) is 5.92 Å². The van der Waals surface area contributed by atoms with Crippen LogP contribution < -0.4 is 10.1 Å². The van der Waals surface area contributed by atoms with Crippen LogP contribution in [0.2, 0.25) is 0 Å². The maximum absolute atomic E-state index is 12.9. The highest BCUT2D eigenvalue weighted by Crippen LogP contribution is 2.32. The summed E-state index contributed by atoms with van der Waals surface area (Å²) in [6.45, 7) is 4.50. The number of nitrogens with one attached hydrogen (secondary N) is 1. The molecule has 0 spiro atoms. The Morgan fingerprint density at radius 3 is 2.19 bits per heavy atom. The summed E-state index contributed by atoms with van der Waals surface area (Å²) in [5.74, 6) is 1.42. The summed E-state index contributed by atoms with van der Waals surface area (Å²) >= 11 is 0. The Morgan fingerprint density at radius 1 is 1.04 bits per heavy atom. The monoisotopic (exact) mass is 354 g/mol. The van der Waals surface area contributed by atoms with E-state index < -0.39 is 0 Å². The molecule has 3 heterocycles. The highest BCUT2D eigenvalue weighted by molar-refractivity contribution is 5.94. The Hall–Kier alpha value is -2.40. The normalized spacial score (nSPS) is 27.2. The van der Waals surface area contributed by atoms with Gasteiger partial charge < -0.3 is 10.1 Å². The molecule has 2 atom stereocenters. The van der Waals surface area contributed by atoms with Gasteiger partial charge >= 0.3 is 0 Å². The van der Waals surface area contributed by atoms with Crippen LogP contribution in [-0.2, 0) is 0 Å². The predicted molar refractivity (Wildman–Crippen MR) is 97.9 cm³/mol. The van der Waals surface area contributed by atoms with Gasteiger partial charge in [-0.05, 0) is 87.3 Å². The number of carbonyl (C=O) groups is 1. The highest BCUT2D eigenvalue weighted by atomic mass is 19.1. The van der Waals surface area contributed by atoms with E-state index in [0.717, 1.165) is 13.1 Å². The molecule has 0 radical (unpaired) electrons. The lowest BCUT2D eigenvalue weighted by Crippen LogP contribution is -2.62. The van der Waals surface area contributed by atoms with Gasteiger partial charge in [-0.3, -0.25) is 9.69 Å². The van der Waals surface area contributed by atoms with Crippen LogP contribution in [-0.4, -0.2) is 36.0 Å². The zero-order chi connectivity index (χ0) is 18.1. The average Bonchev–Trinajstić information content (AvgIpc) is 2.67. The molecule has 4 nitrogen and oxygen atoms in total. The van der Waals surface area contributed by atoms with Crippen LogP contribution in [0.5, 0.6) is 11.5 Å². The summed E-state index contributed by atoms with van der Waals surface area (Å²) < 4.78 is 18.6. The maximum atomic E-state index is 12.9. The lowest BCUT2D eigenvalue weighted by atomic mass is 9.79.